The fourth-order valence-corrected chi connectivity index (χ4v) is 3.04. The predicted molar refractivity (Wildman–Crippen MR) is 99.6 cm³/mol. The third-order valence-corrected chi connectivity index (χ3v) is 4.34. The molecule has 0 amide bonds. The van der Waals surface area contributed by atoms with E-state index < -0.39 is 0 Å². The van der Waals surface area contributed by atoms with Gasteiger partial charge in [0.05, 0.1) is 0 Å². The van der Waals surface area contributed by atoms with E-state index >= 15 is 0 Å². The molecule has 120 valence electrons. The van der Waals surface area contributed by atoms with Gasteiger partial charge in [-0.05, 0) is 25.0 Å². The van der Waals surface area contributed by atoms with Gasteiger partial charge in [0.15, 0.2) is 0 Å². The number of nitrogens with two attached hydrogens (primary N) is 1. The van der Waals surface area contributed by atoms with Crippen LogP contribution >= 0.6 is 0 Å². The van der Waals surface area contributed by atoms with Crippen LogP contribution in [0, 0.1) is 0 Å². The Hall–Kier alpha value is -1.70. The number of unbranched alkanes of at least 4 members (excludes halogenated alkanes) is 4. The molecule has 2 N–H and O–H groups in total. The van der Waals surface area contributed by atoms with E-state index in [0.29, 0.717) is 0 Å². The second-order valence-electron chi connectivity index (χ2n) is 6.12. The second-order valence-corrected chi connectivity index (χ2v) is 6.12. The Morgan fingerprint density at radius 2 is 1.36 bits per heavy atom. The lowest BCUT2D eigenvalue weighted by Gasteiger charge is -2.27. The van der Waals surface area contributed by atoms with Crippen LogP contribution < -0.4 is 10.6 Å². The first-order valence-electron chi connectivity index (χ1n) is 8.80. The monoisotopic (exact) mass is 298 g/mol. The van der Waals surface area contributed by atoms with Crippen molar-refractivity contribution in [3.05, 3.63) is 36.4 Å². The lowest BCUT2D eigenvalue weighted by molar-refractivity contribution is 0.638. The van der Waals surface area contributed by atoms with Crippen molar-refractivity contribution < 1.29 is 0 Å². The van der Waals surface area contributed by atoms with Crippen LogP contribution in [0.15, 0.2) is 36.4 Å². The van der Waals surface area contributed by atoms with E-state index in [-0.39, 0.29) is 0 Å². The summed E-state index contributed by atoms with van der Waals surface area (Å²) in [6.45, 7) is 6.82. The first-order chi connectivity index (χ1) is 10.8. The molecule has 0 saturated heterocycles. The Balaban J connectivity index is 2.27. The summed E-state index contributed by atoms with van der Waals surface area (Å²) in [5, 5.41) is 2.46. The summed E-state index contributed by atoms with van der Waals surface area (Å²) in [5.41, 5.74) is 8.37. The van der Waals surface area contributed by atoms with E-state index in [1.807, 2.05) is 0 Å². The molecule has 2 aromatic rings. The Morgan fingerprint density at radius 1 is 0.773 bits per heavy atom. The topological polar surface area (TPSA) is 29.3 Å². The lowest BCUT2D eigenvalue weighted by Crippen LogP contribution is -2.26. The highest BCUT2D eigenvalue weighted by molar-refractivity contribution is 6.01. The fourth-order valence-electron chi connectivity index (χ4n) is 3.04. The molecule has 0 aliphatic heterocycles. The molecule has 0 aliphatic carbocycles. The SMILES string of the molecule is CCCCCN(CCCCC)c1ccc(N)c2ccccc12. The van der Waals surface area contributed by atoms with E-state index in [1.54, 1.807) is 0 Å². The number of benzene rings is 2. The van der Waals surface area contributed by atoms with Crippen LogP contribution in [-0.2, 0) is 0 Å². The largest absolute Gasteiger partial charge is 0.398 e. The van der Waals surface area contributed by atoms with Crippen molar-refractivity contribution in [2.75, 3.05) is 23.7 Å². The third-order valence-electron chi connectivity index (χ3n) is 4.34. The molecule has 0 atom stereocenters. The lowest BCUT2D eigenvalue weighted by atomic mass is 10.1. The molecule has 0 aliphatic rings. The fraction of sp³-hybridized carbons (Fsp3) is 0.500. The summed E-state index contributed by atoms with van der Waals surface area (Å²) >= 11 is 0. The quantitative estimate of drug-likeness (QED) is 0.481. The average molecular weight is 298 g/mol. The second kappa shape index (κ2) is 8.67. The molecule has 2 nitrogen and oxygen atoms in total. The molecule has 0 heterocycles. The normalized spacial score (nSPS) is 11.0. The molecule has 2 heteroatoms. The van der Waals surface area contributed by atoms with Gasteiger partial charge in [-0.1, -0.05) is 63.8 Å². The van der Waals surface area contributed by atoms with Gasteiger partial charge in [0.2, 0.25) is 0 Å². The van der Waals surface area contributed by atoms with Crippen molar-refractivity contribution >= 4 is 22.1 Å². The number of nitrogen functional groups attached to an aromatic ring is 1. The molecule has 2 aromatic carbocycles. The van der Waals surface area contributed by atoms with Gasteiger partial charge in [0, 0.05) is 35.2 Å². The molecule has 0 saturated carbocycles. The van der Waals surface area contributed by atoms with E-state index in [9.17, 15) is 0 Å². The predicted octanol–water partition coefficient (Wildman–Crippen LogP) is 5.61. The number of nitrogens with zero attached hydrogens (tertiary/aromatic N) is 1. The van der Waals surface area contributed by atoms with Gasteiger partial charge in [0.25, 0.3) is 0 Å². The maximum Gasteiger partial charge on any atom is 0.0447 e. The molecule has 0 fully saturated rings. The molecule has 0 unspecified atom stereocenters. The minimum absolute atomic E-state index is 0.876. The highest BCUT2D eigenvalue weighted by Crippen LogP contribution is 2.31. The van der Waals surface area contributed by atoms with Gasteiger partial charge in [-0.3, -0.25) is 0 Å². The van der Waals surface area contributed by atoms with E-state index in [0.717, 1.165) is 18.8 Å². The standard InChI is InChI=1S/C20H30N2/c1-3-5-9-15-22(16-10-6-4-2)20-14-13-19(21)17-11-7-8-12-18(17)20/h7-8,11-14H,3-6,9-10,15-16,21H2,1-2H3. The van der Waals surface area contributed by atoms with Crippen molar-refractivity contribution in [2.24, 2.45) is 0 Å². The molecule has 0 radical (unpaired) electrons. The zero-order chi connectivity index (χ0) is 15.8. The van der Waals surface area contributed by atoms with Crippen LogP contribution in [0.3, 0.4) is 0 Å². The molecular weight excluding hydrogens is 268 g/mol. The summed E-state index contributed by atoms with van der Waals surface area (Å²) < 4.78 is 0. The summed E-state index contributed by atoms with van der Waals surface area (Å²) in [6.07, 6.45) is 7.67. The van der Waals surface area contributed by atoms with Crippen LogP contribution in [0.5, 0.6) is 0 Å². The van der Waals surface area contributed by atoms with Crippen LogP contribution in [0.1, 0.15) is 52.4 Å². The molecule has 2 rings (SSSR count). The first-order valence-corrected chi connectivity index (χ1v) is 8.80. The average Bonchev–Trinajstić information content (AvgIpc) is 2.55. The number of rotatable bonds is 9. The highest BCUT2D eigenvalue weighted by atomic mass is 15.1. The van der Waals surface area contributed by atoms with Gasteiger partial charge >= 0.3 is 0 Å². The maximum atomic E-state index is 6.15. The Bertz CT molecular complexity index is 567. The molecule has 22 heavy (non-hydrogen) atoms. The maximum absolute atomic E-state index is 6.15. The van der Waals surface area contributed by atoms with Crippen molar-refractivity contribution in [3.63, 3.8) is 0 Å². The molecule has 0 aromatic heterocycles. The number of hydrogen-bond donors (Lipinski definition) is 1. The first kappa shape index (κ1) is 16.7. The van der Waals surface area contributed by atoms with Crippen molar-refractivity contribution in [3.8, 4) is 0 Å². The van der Waals surface area contributed by atoms with Crippen molar-refractivity contribution in [1.82, 2.24) is 0 Å². The van der Waals surface area contributed by atoms with Crippen molar-refractivity contribution in [2.45, 2.75) is 52.4 Å². The summed E-state index contributed by atoms with van der Waals surface area (Å²) in [6, 6.07) is 12.8. The van der Waals surface area contributed by atoms with Gasteiger partial charge in [-0.25, -0.2) is 0 Å². The Labute approximate surface area is 135 Å². The third kappa shape index (κ3) is 4.16. The highest BCUT2D eigenvalue weighted by Gasteiger charge is 2.11. The Morgan fingerprint density at radius 3 is 1.95 bits per heavy atom. The zero-order valence-corrected chi connectivity index (χ0v) is 14.1. The number of fused-ring (bicyclic) bond motifs is 1. The van der Waals surface area contributed by atoms with E-state index in [4.69, 9.17) is 5.73 Å². The molecular formula is C20H30N2. The van der Waals surface area contributed by atoms with Gasteiger partial charge in [0.1, 0.15) is 0 Å². The molecule has 0 bridgehead atoms. The van der Waals surface area contributed by atoms with E-state index in [2.05, 4.69) is 55.1 Å². The van der Waals surface area contributed by atoms with Crippen LogP contribution in [-0.4, -0.2) is 13.1 Å². The minimum Gasteiger partial charge on any atom is -0.398 e. The van der Waals surface area contributed by atoms with Crippen LogP contribution in [0.4, 0.5) is 11.4 Å². The summed E-state index contributed by atoms with van der Waals surface area (Å²) in [5.74, 6) is 0. The number of anilines is 2. The van der Waals surface area contributed by atoms with Gasteiger partial charge in [-0.15, -0.1) is 0 Å². The summed E-state index contributed by atoms with van der Waals surface area (Å²) in [7, 11) is 0. The minimum atomic E-state index is 0.876. The van der Waals surface area contributed by atoms with Crippen LogP contribution in [0.25, 0.3) is 10.8 Å². The molecule has 0 spiro atoms. The zero-order valence-electron chi connectivity index (χ0n) is 14.1. The van der Waals surface area contributed by atoms with Gasteiger partial charge < -0.3 is 10.6 Å². The Kier molecular flexibility index (Phi) is 6.57. The summed E-state index contributed by atoms with van der Waals surface area (Å²) in [4.78, 5) is 2.56. The van der Waals surface area contributed by atoms with E-state index in [1.165, 1.54) is 55.0 Å². The van der Waals surface area contributed by atoms with Crippen molar-refractivity contribution in [1.29, 1.82) is 0 Å². The van der Waals surface area contributed by atoms with Crippen LogP contribution in [0.2, 0.25) is 0 Å². The smallest absolute Gasteiger partial charge is 0.0447 e. The number of hydrogen-bond acceptors (Lipinski definition) is 2. The van der Waals surface area contributed by atoms with Gasteiger partial charge in [-0.2, -0.15) is 0 Å².